The molecule has 2 rings (SSSR count). The maximum absolute atomic E-state index is 12.4. The fourth-order valence-electron chi connectivity index (χ4n) is 1.95. The van der Waals surface area contributed by atoms with Crippen molar-refractivity contribution in [3.8, 4) is 17.0 Å². The lowest BCUT2D eigenvalue weighted by atomic mass is 10.1. The van der Waals surface area contributed by atoms with Gasteiger partial charge in [0.05, 0.1) is 11.9 Å². The molecule has 1 heterocycles. The Labute approximate surface area is 116 Å². The third kappa shape index (κ3) is 3.77. The lowest BCUT2D eigenvalue weighted by Gasteiger charge is -2.08. The highest BCUT2D eigenvalue weighted by Crippen LogP contribution is 2.29. The summed E-state index contributed by atoms with van der Waals surface area (Å²) in [6.07, 6.45) is 3.40. The molecule has 2 aromatic rings. The van der Waals surface area contributed by atoms with Crippen LogP contribution in [0, 0.1) is 0 Å². The number of nitrogens with one attached hydrogen (secondary N) is 2. The molecule has 6 heteroatoms. The van der Waals surface area contributed by atoms with Crippen LogP contribution in [0.25, 0.3) is 11.3 Å². The van der Waals surface area contributed by atoms with Crippen LogP contribution < -0.4 is 10.1 Å². The number of alkyl halides is 2. The predicted molar refractivity (Wildman–Crippen MR) is 72.9 cm³/mol. The van der Waals surface area contributed by atoms with E-state index in [9.17, 15) is 8.78 Å². The number of hydrogen-bond acceptors (Lipinski definition) is 3. The Balaban J connectivity index is 2.15. The molecule has 2 N–H and O–H groups in total. The summed E-state index contributed by atoms with van der Waals surface area (Å²) in [7, 11) is 1.89. The molecule has 0 saturated heterocycles. The first kappa shape index (κ1) is 14.5. The van der Waals surface area contributed by atoms with Crippen molar-refractivity contribution in [3.63, 3.8) is 0 Å². The summed E-state index contributed by atoms with van der Waals surface area (Å²) in [4.78, 5) is 7.40. The molecule has 0 saturated carbocycles. The van der Waals surface area contributed by atoms with Crippen molar-refractivity contribution in [2.45, 2.75) is 19.5 Å². The first-order chi connectivity index (χ1) is 9.70. The summed E-state index contributed by atoms with van der Waals surface area (Å²) < 4.78 is 29.3. The largest absolute Gasteiger partial charge is 0.434 e. The van der Waals surface area contributed by atoms with Gasteiger partial charge < -0.3 is 15.0 Å². The molecule has 0 atom stereocenters. The average Bonchev–Trinajstić information content (AvgIpc) is 2.88. The summed E-state index contributed by atoms with van der Waals surface area (Å²) in [6.45, 7) is -1.93. The Morgan fingerprint density at radius 3 is 2.90 bits per heavy atom. The number of rotatable bonds is 7. The second-order valence-corrected chi connectivity index (χ2v) is 4.33. The zero-order valence-electron chi connectivity index (χ0n) is 11.2. The van der Waals surface area contributed by atoms with Gasteiger partial charge in [-0.3, -0.25) is 0 Å². The number of para-hydroxylation sites is 1. The lowest BCUT2D eigenvalue weighted by molar-refractivity contribution is -0.0494. The van der Waals surface area contributed by atoms with E-state index in [1.807, 2.05) is 7.05 Å². The van der Waals surface area contributed by atoms with Crippen LogP contribution in [0.5, 0.6) is 5.75 Å². The summed E-state index contributed by atoms with van der Waals surface area (Å²) in [5.41, 5.74) is 1.26. The SMILES string of the molecule is CNCCCc1ncc(-c2ccccc2OC(F)F)[nH]1. The Morgan fingerprint density at radius 2 is 2.15 bits per heavy atom. The van der Waals surface area contributed by atoms with Gasteiger partial charge in [0.25, 0.3) is 0 Å². The van der Waals surface area contributed by atoms with Gasteiger partial charge in [-0.1, -0.05) is 12.1 Å². The lowest BCUT2D eigenvalue weighted by Crippen LogP contribution is -2.08. The molecule has 0 unspecified atom stereocenters. The Hall–Kier alpha value is -1.95. The van der Waals surface area contributed by atoms with E-state index in [-0.39, 0.29) is 5.75 Å². The molecule has 0 fully saturated rings. The number of aryl methyl sites for hydroxylation is 1. The van der Waals surface area contributed by atoms with Gasteiger partial charge in [0.2, 0.25) is 0 Å². The monoisotopic (exact) mass is 281 g/mol. The molecular formula is C14H17F2N3O. The fourth-order valence-corrected chi connectivity index (χ4v) is 1.95. The Kier molecular flexibility index (Phi) is 5.06. The van der Waals surface area contributed by atoms with Gasteiger partial charge in [-0.25, -0.2) is 4.98 Å². The highest BCUT2D eigenvalue weighted by molar-refractivity contribution is 5.66. The number of imidazole rings is 1. The molecule has 20 heavy (non-hydrogen) atoms. The van der Waals surface area contributed by atoms with Crippen LogP contribution in [-0.2, 0) is 6.42 Å². The highest BCUT2D eigenvalue weighted by atomic mass is 19.3. The Bertz CT molecular complexity index is 543. The molecular weight excluding hydrogens is 264 g/mol. The number of ether oxygens (including phenoxy) is 1. The van der Waals surface area contributed by atoms with E-state index in [4.69, 9.17) is 0 Å². The third-order valence-corrected chi connectivity index (χ3v) is 2.86. The quantitative estimate of drug-likeness (QED) is 0.767. The minimum atomic E-state index is -2.84. The van der Waals surface area contributed by atoms with Crippen molar-refractivity contribution in [2.24, 2.45) is 0 Å². The summed E-state index contributed by atoms with van der Waals surface area (Å²) in [6, 6.07) is 6.67. The minimum Gasteiger partial charge on any atom is -0.434 e. The molecule has 108 valence electrons. The Morgan fingerprint density at radius 1 is 1.35 bits per heavy atom. The molecule has 0 spiro atoms. The number of aromatic amines is 1. The molecule has 0 aliphatic heterocycles. The van der Waals surface area contributed by atoms with Crippen LogP contribution in [0.1, 0.15) is 12.2 Å². The van der Waals surface area contributed by atoms with E-state index in [1.54, 1.807) is 24.4 Å². The van der Waals surface area contributed by atoms with Gasteiger partial charge in [-0.05, 0) is 32.1 Å². The predicted octanol–water partition coefficient (Wildman–Crippen LogP) is 2.83. The van der Waals surface area contributed by atoms with Gasteiger partial charge in [0, 0.05) is 12.0 Å². The molecule has 0 amide bonds. The zero-order chi connectivity index (χ0) is 14.4. The number of halogens is 2. The molecule has 0 bridgehead atoms. The van der Waals surface area contributed by atoms with E-state index < -0.39 is 6.61 Å². The van der Waals surface area contributed by atoms with Gasteiger partial charge in [-0.15, -0.1) is 0 Å². The fraction of sp³-hybridized carbons (Fsp3) is 0.357. The third-order valence-electron chi connectivity index (χ3n) is 2.86. The van der Waals surface area contributed by atoms with E-state index in [1.165, 1.54) is 6.07 Å². The number of hydrogen-bond donors (Lipinski definition) is 2. The van der Waals surface area contributed by atoms with Crippen LogP contribution >= 0.6 is 0 Å². The topological polar surface area (TPSA) is 49.9 Å². The van der Waals surface area contributed by atoms with Crippen LogP contribution in [0.2, 0.25) is 0 Å². The van der Waals surface area contributed by atoms with Gasteiger partial charge >= 0.3 is 6.61 Å². The summed E-state index contributed by atoms with van der Waals surface area (Å²) in [5.74, 6) is 0.982. The van der Waals surface area contributed by atoms with Crippen molar-refractivity contribution in [2.75, 3.05) is 13.6 Å². The van der Waals surface area contributed by atoms with Crippen molar-refractivity contribution < 1.29 is 13.5 Å². The summed E-state index contributed by atoms with van der Waals surface area (Å²) >= 11 is 0. The average molecular weight is 281 g/mol. The molecule has 0 radical (unpaired) electrons. The standard InChI is InChI=1S/C14H17F2N3O/c1-17-8-4-7-13-18-9-11(19-13)10-5-2-3-6-12(10)20-14(15)16/h2-3,5-6,9,14,17H,4,7-8H2,1H3,(H,18,19). The van der Waals surface area contributed by atoms with Crippen molar-refractivity contribution >= 4 is 0 Å². The minimum absolute atomic E-state index is 0.146. The van der Waals surface area contributed by atoms with Crippen LogP contribution in [0.3, 0.4) is 0 Å². The van der Waals surface area contributed by atoms with Gasteiger partial charge in [0.15, 0.2) is 0 Å². The van der Waals surface area contributed by atoms with Crippen LogP contribution in [-0.4, -0.2) is 30.2 Å². The smallest absolute Gasteiger partial charge is 0.387 e. The second-order valence-electron chi connectivity index (χ2n) is 4.33. The van der Waals surface area contributed by atoms with E-state index in [0.29, 0.717) is 11.3 Å². The number of nitrogens with zero attached hydrogens (tertiary/aromatic N) is 1. The van der Waals surface area contributed by atoms with Crippen molar-refractivity contribution in [1.29, 1.82) is 0 Å². The van der Waals surface area contributed by atoms with E-state index in [0.717, 1.165) is 25.2 Å². The van der Waals surface area contributed by atoms with Crippen LogP contribution in [0.15, 0.2) is 30.5 Å². The first-order valence-electron chi connectivity index (χ1n) is 6.43. The molecule has 1 aromatic heterocycles. The van der Waals surface area contributed by atoms with Crippen molar-refractivity contribution in [3.05, 3.63) is 36.3 Å². The van der Waals surface area contributed by atoms with E-state index in [2.05, 4.69) is 20.0 Å². The number of aromatic nitrogens is 2. The highest BCUT2D eigenvalue weighted by Gasteiger charge is 2.12. The summed E-state index contributed by atoms with van der Waals surface area (Å²) in [5, 5.41) is 3.06. The second kappa shape index (κ2) is 7.00. The van der Waals surface area contributed by atoms with Gasteiger partial charge in [0.1, 0.15) is 11.6 Å². The van der Waals surface area contributed by atoms with E-state index >= 15 is 0 Å². The normalized spacial score (nSPS) is 11.0. The molecule has 0 aliphatic carbocycles. The maximum Gasteiger partial charge on any atom is 0.387 e. The first-order valence-corrected chi connectivity index (χ1v) is 6.43. The molecule has 1 aromatic carbocycles. The molecule has 0 aliphatic rings. The van der Waals surface area contributed by atoms with Crippen molar-refractivity contribution in [1.82, 2.24) is 15.3 Å². The zero-order valence-corrected chi connectivity index (χ0v) is 11.2. The molecule has 4 nitrogen and oxygen atoms in total. The number of benzene rings is 1. The number of H-pyrrole nitrogens is 1. The van der Waals surface area contributed by atoms with Gasteiger partial charge in [-0.2, -0.15) is 8.78 Å². The van der Waals surface area contributed by atoms with Crippen LogP contribution in [0.4, 0.5) is 8.78 Å². The maximum atomic E-state index is 12.4.